The lowest BCUT2D eigenvalue weighted by atomic mass is 9.89. The maximum atomic E-state index is 12.4. The zero-order chi connectivity index (χ0) is 19.2. The molecule has 4 rings (SSSR count). The zero-order valence-electron chi connectivity index (χ0n) is 16.6. The van der Waals surface area contributed by atoms with Crippen molar-refractivity contribution in [3.63, 3.8) is 0 Å². The molecule has 2 aromatic rings. The summed E-state index contributed by atoms with van der Waals surface area (Å²) in [5.41, 5.74) is 1.47. The van der Waals surface area contributed by atoms with E-state index in [0.717, 1.165) is 18.0 Å². The third kappa shape index (κ3) is 4.98. The SMILES string of the molecule is O=C(NCc1ccccc1)c1cn(C[C@@H]2CCCN2CC2CCCCC2)nn1. The predicted octanol–water partition coefficient (Wildman–Crippen LogP) is 3.25. The van der Waals surface area contributed by atoms with E-state index < -0.39 is 0 Å². The molecule has 6 heteroatoms. The third-order valence-corrected chi connectivity index (χ3v) is 6.18. The summed E-state index contributed by atoms with van der Waals surface area (Å²) in [6, 6.07) is 10.4. The standard InChI is InChI=1S/C22H31N5O/c28-22(23-14-18-8-3-1-4-9-18)21-17-27(25-24-21)16-20-12-7-13-26(20)15-19-10-5-2-6-11-19/h1,3-4,8-9,17,19-20H,2,5-7,10-16H2,(H,23,28)/t20-/m0/s1. The van der Waals surface area contributed by atoms with Gasteiger partial charge in [0.05, 0.1) is 12.7 Å². The number of nitrogens with zero attached hydrogens (tertiary/aromatic N) is 4. The summed E-state index contributed by atoms with van der Waals surface area (Å²) in [6.45, 7) is 3.75. The van der Waals surface area contributed by atoms with Crippen molar-refractivity contribution in [3.8, 4) is 0 Å². The Morgan fingerprint density at radius 2 is 1.86 bits per heavy atom. The van der Waals surface area contributed by atoms with Crippen molar-refractivity contribution in [3.05, 3.63) is 47.8 Å². The highest BCUT2D eigenvalue weighted by Gasteiger charge is 2.28. The van der Waals surface area contributed by atoms with Crippen molar-refractivity contribution in [2.75, 3.05) is 13.1 Å². The number of hydrogen-bond acceptors (Lipinski definition) is 4. The fraction of sp³-hybridized carbons (Fsp3) is 0.591. The van der Waals surface area contributed by atoms with Gasteiger partial charge in [0.1, 0.15) is 0 Å². The summed E-state index contributed by atoms with van der Waals surface area (Å²) < 4.78 is 1.85. The van der Waals surface area contributed by atoms with Crippen molar-refractivity contribution >= 4 is 5.91 Å². The Bertz CT molecular complexity index is 753. The summed E-state index contributed by atoms with van der Waals surface area (Å²) in [7, 11) is 0. The molecule has 0 spiro atoms. The van der Waals surface area contributed by atoms with Crippen LogP contribution in [0, 0.1) is 5.92 Å². The number of nitrogens with one attached hydrogen (secondary N) is 1. The minimum absolute atomic E-state index is 0.166. The molecule has 1 aliphatic carbocycles. The number of benzene rings is 1. The molecule has 1 aliphatic heterocycles. The van der Waals surface area contributed by atoms with Crippen LogP contribution in [0.5, 0.6) is 0 Å². The second kappa shape index (κ2) is 9.32. The number of amides is 1. The zero-order valence-corrected chi connectivity index (χ0v) is 16.6. The van der Waals surface area contributed by atoms with E-state index in [2.05, 4.69) is 20.5 Å². The van der Waals surface area contributed by atoms with Gasteiger partial charge in [-0.3, -0.25) is 14.4 Å². The largest absolute Gasteiger partial charge is 0.347 e. The van der Waals surface area contributed by atoms with E-state index >= 15 is 0 Å². The molecule has 1 aromatic carbocycles. The van der Waals surface area contributed by atoms with Crippen LogP contribution in [0.15, 0.2) is 36.5 Å². The van der Waals surface area contributed by atoms with E-state index in [1.807, 2.05) is 35.0 Å². The van der Waals surface area contributed by atoms with Crippen LogP contribution in [-0.4, -0.2) is 44.9 Å². The highest BCUT2D eigenvalue weighted by Crippen LogP contribution is 2.28. The molecule has 1 aromatic heterocycles. The Labute approximate surface area is 167 Å². The molecule has 1 atom stereocenters. The van der Waals surface area contributed by atoms with E-state index in [-0.39, 0.29) is 5.91 Å². The van der Waals surface area contributed by atoms with E-state index in [0.29, 0.717) is 18.3 Å². The smallest absolute Gasteiger partial charge is 0.273 e. The van der Waals surface area contributed by atoms with Crippen LogP contribution in [0.2, 0.25) is 0 Å². The second-order valence-corrected chi connectivity index (χ2v) is 8.29. The molecule has 1 amide bonds. The monoisotopic (exact) mass is 381 g/mol. The van der Waals surface area contributed by atoms with Crippen molar-refractivity contribution in [1.82, 2.24) is 25.2 Å². The average molecular weight is 382 g/mol. The van der Waals surface area contributed by atoms with Crippen molar-refractivity contribution in [1.29, 1.82) is 0 Å². The molecule has 28 heavy (non-hydrogen) atoms. The van der Waals surface area contributed by atoms with Gasteiger partial charge in [0.25, 0.3) is 5.91 Å². The molecular formula is C22H31N5O. The number of hydrogen-bond donors (Lipinski definition) is 1. The first-order chi connectivity index (χ1) is 13.8. The molecule has 0 unspecified atom stereocenters. The second-order valence-electron chi connectivity index (χ2n) is 8.29. The molecule has 2 aliphatic rings. The number of carbonyl (C=O) groups is 1. The highest BCUT2D eigenvalue weighted by molar-refractivity contribution is 5.91. The Morgan fingerprint density at radius 1 is 1.04 bits per heavy atom. The quantitative estimate of drug-likeness (QED) is 0.800. The molecule has 1 N–H and O–H groups in total. The van der Waals surface area contributed by atoms with Crippen LogP contribution in [0.1, 0.15) is 61.0 Å². The van der Waals surface area contributed by atoms with Crippen molar-refractivity contribution in [2.45, 2.75) is 64.1 Å². The normalized spacial score (nSPS) is 21.1. The van der Waals surface area contributed by atoms with E-state index in [1.54, 1.807) is 6.20 Å². The molecule has 6 nitrogen and oxygen atoms in total. The van der Waals surface area contributed by atoms with Gasteiger partial charge in [0.2, 0.25) is 0 Å². The van der Waals surface area contributed by atoms with E-state index in [1.165, 1.54) is 58.0 Å². The van der Waals surface area contributed by atoms with Gasteiger partial charge >= 0.3 is 0 Å². The topological polar surface area (TPSA) is 63.1 Å². The molecule has 1 saturated carbocycles. The van der Waals surface area contributed by atoms with Crippen LogP contribution in [0.3, 0.4) is 0 Å². The van der Waals surface area contributed by atoms with Crippen LogP contribution < -0.4 is 5.32 Å². The summed E-state index contributed by atoms with van der Waals surface area (Å²) in [5.74, 6) is 0.699. The molecule has 2 heterocycles. The van der Waals surface area contributed by atoms with E-state index in [4.69, 9.17) is 0 Å². The molecule has 0 radical (unpaired) electrons. The minimum Gasteiger partial charge on any atom is -0.347 e. The Hall–Kier alpha value is -2.21. The van der Waals surface area contributed by atoms with Crippen LogP contribution >= 0.6 is 0 Å². The Kier molecular flexibility index (Phi) is 6.37. The van der Waals surface area contributed by atoms with Gasteiger partial charge in [0, 0.05) is 19.1 Å². The van der Waals surface area contributed by atoms with Gasteiger partial charge in [-0.1, -0.05) is 54.8 Å². The van der Waals surface area contributed by atoms with Crippen LogP contribution in [0.4, 0.5) is 0 Å². The number of likely N-dealkylation sites (tertiary alicyclic amines) is 1. The first-order valence-electron chi connectivity index (χ1n) is 10.7. The van der Waals surface area contributed by atoms with Crippen molar-refractivity contribution in [2.24, 2.45) is 5.92 Å². The van der Waals surface area contributed by atoms with Gasteiger partial charge in [-0.05, 0) is 43.7 Å². The lowest BCUT2D eigenvalue weighted by Crippen LogP contribution is -2.37. The maximum absolute atomic E-state index is 12.4. The summed E-state index contributed by atoms with van der Waals surface area (Å²) in [5, 5.41) is 11.2. The van der Waals surface area contributed by atoms with Gasteiger partial charge in [-0.15, -0.1) is 5.10 Å². The van der Waals surface area contributed by atoms with E-state index in [9.17, 15) is 4.79 Å². The lowest BCUT2D eigenvalue weighted by molar-refractivity contribution is 0.0945. The molecule has 150 valence electrons. The fourth-order valence-corrected chi connectivity index (χ4v) is 4.62. The summed E-state index contributed by atoms with van der Waals surface area (Å²) >= 11 is 0. The summed E-state index contributed by atoms with van der Waals surface area (Å²) in [6.07, 6.45) is 11.2. The molecule has 1 saturated heterocycles. The molecule has 2 fully saturated rings. The Balaban J connectivity index is 1.29. The average Bonchev–Trinajstić information content (AvgIpc) is 3.38. The number of aromatic nitrogens is 3. The van der Waals surface area contributed by atoms with Gasteiger partial charge in [0.15, 0.2) is 5.69 Å². The van der Waals surface area contributed by atoms with Crippen LogP contribution in [0.25, 0.3) is 0 Å². The Morgan fingerprint density at radius 3 is 2.68 bits per heavy atom. The van der Waals surface area contributed by atoms with Crippen LogP contribution in [-0.2, 0) is 13.1 Å². The van der Waals surface area contributed by atoms with Crippen molar-refractivity contribution < 1.29 is 4.79 Å². The number of rotatable bonds is 7. The maximum Gasteiger partial charge on any atom is 0.273 e. The molecule has 0 bridgehead atoms. The highest BCUT2D eigenvalue weighted by atomic mass is 16.2. The predicted molar refractivity (Wildman–Crippen MR) is 109 cm³/mol. The third-order valence-electron chi connectivity index (χ3n) is 6.18. The molecular weight excluding hydrogens is 350 g/mol. The van der Waals surface area contributed by atoms with Gasteiger partial charge in [-0.2, -0.15) is 0 Å². The van der Waals surface area contributed by atoms with Gasteiger partial charge < -0.3 is 5.32 Å². The minimum atomic E-state index is -0.166. The first kappa shape index (κ1) is 19.1. The van der Waals surface area contributed by atoms with Gasteiger partial charge in [-0.25, -0.2) is 0 Å². The summed E-state index contributed by atoms with van der Waals surface area (Å²) in [4.78, 5) is 15.0. The fourth-order valence-electron chi connectivity index (χ4n) is 4.62. The number of carbonyl (C=O) groups excluding carboxylic acids is 1. The first-order valence-corrected chi connectivity index (χ1v) is 10.7. The lowest BCUT2D eigenvalue weighted by Gasteiger charge is -2.30.